The van der Waals surface area contributed by atoms with Crippen LogP contribution in [0.5, 0.6) is 0 Å². The summed E-state index contributed by atoms with van der Waals surface area (Å²) < 4.78 is 34.8. The Labute approximate surface area is 146 Å². The van der Waals surface area contributed by atoms with Gasteiger partial charge in [-0.05, 0) is 37.5 Å². The fourth-order valence-electron chi connectivity index (χ4n) is 3.31. The number of piperidine rings is 1. The standard InChI is InChI=1S/C17H20N4O3S/c1-12-10-18-21(11-12)14-5-7-20(8-6-14)25(22,23)15-3-4-16-17(9-15)24-13(2)19-16/h3-4,9-11,14H,5-8H2,1-2H3. The molecule has 1 aromatic carbocycles. The van der Waals surface area contributed by atoms with Gasteiger partial charge in [0.15, 0.2) is 11.5 Å². The molecule has 0 amide bonds. The third-order valence-electron chi connectivity index (χ3n) is 4.63. The predicted molar refractivity (Wildman–Crippen MR) is 92.7 cm³/mol. The topological polar surface area (TPSA) is 81.2 Å². The van der Waals surface area contributed by atoms with Crippen LogP contribution in [0.2, 0.25) is 0 Å². The molecule has 1 fully saturated rings. The van der Waals surface area contributed by atoms with Gasteiger partial charge in [0.05, 0.1) is 17.1 Å². The van der Waals surface area contributed by atoms with E-state index in [9.17, 15) is 8.42 Å². The highest BCUT2D eigenvalue weighted by atomic mass is 32.2. The SMILES string of the molecule is Cc1cnn(C2CCN(S(=O)(=O)c3ccc4nc(C)oc4c3)CC2)c1. The van der Waals surface area contributed by atoms with Gasteiger partial charge >= 0.3 is 0 Å². The Morgan fingerprint density at radius 2 is 1.96 bits per heavy atom. The van der Waals surface area contributed by atoms with Crippen molar-refractivity contribution >= 4 is 21.1 Å². The molecule has 8 heteroatoms. The summed E-state index contributed by atoms with van der Waals surface area (Å²) in [6, 6.07) is 5.10. The normalized spacial score (nSPS) is 17.4. The molecule has 3 aromatic rings. The molecule has 1 saturated heterocycles. The Kier molecular flexibility index (Phi) is 3.88. The van der Waals surface area contributed by atoms with Gasteiger partial charge in [-0.1, -0.05) is 0 Å². The van der Waals surface area contributed by atoms with E-state index in [0.29, 0.717) is 30.1 Å². The first kappa shape index (κ1) is 16.3. The van der Waals surface area contributed by atoms with Crippen LogP contribution in [0.1, 0.15) is 30.3 Å². The van der Waals surface area contributed by atoms with E-state index in [0.717, 1.165) is 18.4 Å². The van der Waals surface area contributed by atoms with Gasteiger partial charge in [0.2, 0.25) is 10.0 Å². The van der Waals surface area contributed by atoms with Crippen LogP contribution in [-0.4, -0.2) is 40.6 Å². The van der Waals surface area contributed by atoms with Crippen LogP contribution in [0.25, 0.3) is 11.1 Å². The first-order valence-electron chi connectivity index (χ1n) is 8.31. The van der Waals surface area contributed by atoms with Crippen LogP contribution in [-0.2, 0) is 10.0 Å². The maximum absolute atomic E-state index is 12.9. The third-order valence-corrected chi connectivity index (χ3v) is 6.53. The van der Waals surface area contributed by atoms with E-state index >= 15 is 0 Å². The molecule has 7 nitrogen and oxygen atoms in total. The summed E-state index contributed by atoms with van der Waals surface area (Å²) in [5.41, 5.74) is 2.29. The highest BCUT2D eigenvalue weighted by molar-refractivity contribution is 7.89. The van der Waals surface area contributed by atoms with Gasteiger partial charge in [-0.3, -0.25) is 4.68 Å². The minimum absolute atomic E-state index is 0.250. The summed E-state index contributed by atoms with van der Waals surface area (Å²) in [6.07, 6.45) is 5.35. The molecular weight excluding hydrogens is 340 g/mol. The van der Waals surface area contributed by atoms with Crippen molar-refractivity contribution in [2.24, 2.45) is 0 Å². The van der Waals surface area contributed by atoms with Crippen LogP contribution in [0.15, 0.2) is 39.9 Å². The molecule has 132 valence electrons. The number of nitrogens with zero attached hydrogens (tertiary/aromatic N) is 4. The van der Waals surface area contributed by atoms with Crippen molar-refractivity contribution in [3.63, 3.8) is 0 Å². The van der Waals surface area contributed by atoms with E-state index in [-0.39, 0.29) is 10.9 Å². The Morgan fingerprint density at radius 3 is 2.64 bits per heavy atom. The predicted octanol–water partition coefficient (Wildman–Crippen LogP) is 2.67. The van der Waals surface area contributed by atoms with E-state index < -0.39 is 10.0 Å². The number of fused-ring (bicyclic) bond motifs is 1. The molecule has 3 heterocycles. The maximum Gasteiger partial charge on any atom is 0.243 e. The van der Waals surface area contributed by atoms with Gasteiger partial charge in [-0.15, -0.1) is 0 Å². The first-order valence-corrected chi connectivity index (χ1v) is 9.75. The number of aromatic nitrogens is 3. The average Bonchev–Trinajstić information content (AvgIpc) is 3.18. The monoisotopic (exact) mass is 360 g/mol. The molecule has 0 spiro atoms. The number of benzene rings is 1. The second-order valence-electron chi connectivity index (χ2n) is 6.50. The van der Waals surface area contributed by atoms with Crippen LogP contribution in [0.4, 0.5) is 0 Å². The number of hydrogen-bond acceptors (Lipinski definition) is 5. The van der Waals surface area contributed by atoms with E-state index in [1.807, 2.05) is 24.0 Å². The maximum atomic E-state index is 12.9. The molecule has 0 saturated carbocycles. The largest absolute Gasteiger partial charge is 0.441 e. The molecule has 0 N–H and O–H groups in total. The molecule has 0 radical (unpaired) electrons. The zero-order valence-electron chi connectivity index (χ0n) is 14.2. The Bertz CT molecular complexity index is 1010. The molecular formula is C17H20N4O3S. The lowest BCUT2D eigenvalue weighted by molar-refractivity contribution is 0.261. The molecule has 0 bridgehead atoms. The van der Waals surface area contributed by atoms with Gasteiger partial charge in [-0.2, -0.15) is 9.40 Å². The van der Waals surface area contributed by atoms with Crippen LogP contribution >= 0.6 is 0 Å². The summed E-state index contributed by atoms with van der Waals surface area (Å²) in [5, 5.41) is 4.35. The summed E-state index contributed by atoms with van der Waals surface area (Å²) in [6.45, 7) is 4.72. The molecule has 4 rings (SSSR count). The fourth-order valence-corrected chi connectivity index (χ4v) is 4.80. The second kappa shape index (κ2) is 5.96. The van der Waals surface area contributed by atoms with E-state index in [2.05, 4.69) is 10.1 Å². The zero-order valence-corrected chi connectivity index (χ0v) is 15.0. The van der Waals surface area contributed by atoms with E-state index in [1.54, 1.807) is 29.4 Å². The Balaban J connectivity index is 1.54. The fraction of sp³-hybridized carbons (Fsp3) is 0.412. The quantitative estimate of drug-likeness (QED) is 0.717. The van der Waals surface area contributed by atoms with Gasteiger partial charge in [0, 0.05) is 32.3 Å². The summed E-state index contributed by atoms with van der Waals surface area (Å²) in [7, 11) is -3.53. The molecule has 0 atom stereocenters. The number of aryl methyl sites for hydroxylation is 2. The van der Waals surface area contributed by atoms with Crippen molar-refractivity contribution in [2.45, 2.75) is 37.6 Å². The average molecular weight is 360 g/mol. The second-order valence-corrected chi connectivity index (χ2v) is 8.43. The smallest absolute Gasteiger partial charge is 0.243 e. The van der Waals surface area contributed by atoms with Gasteiger partial charge in [-0.25, -0.2) is 13.4 Å². The highest BCUT2D eigenvalue weighted by Gasteiger charge is 2.30. The van der Waals surface area contributed by atoms with Crippen molar-refractivity contribution in [2.75, 3.05) is 13.1 Å². The van der Waals surface area contributed by atoms with Gasteiger partial charge in [0.1, 0.15) is 5.52 Å². The summed E-state index contributed by atoms with van der Waals surface area (Å²) in [4.78, 5) is 4.46. The molecule has 1 aliphatic rings. The van der Waals surface area contributed by atoms with Crippen molar-refractivity contribution in [3.8, 4) is 0 Å². The first-order chi connectivity index (χ1) is 11.9. The number of sulfonamides is 1. The Morgan fingerprint density at radius 1 is 1.20 bits per heavy atom. The van der Waals surface area contributed by atoms with Crippen LogP contribution in [0.3, 0.4) is 0 Å². The van der Waals surface area contributed by atoms with Crippen LogP contribution in [0, 0.1) is 13.8 Å². The summed E-state index contributed by atoms with van der Waals surface area (Å²) in [5.74, 6) is 0.528. The lowest BCUT2D eigenvalue weighted by Gasteiger charge is -2.31. The Hall–Kier alpha value is -2.19. The third kappa shape index (κ3) is 2.96. The van der Waals surface area contributed by atoms with Crippen molar-refractivity contribution in [3.05, 3.63) is 42.0 Å². The molecule has 2 aromatic heterocycles. The lowest BCUT2D eigenvalue weighted by atomic mass is 10.1. The number of hydrogen-bond donors (Lipinski definition) is 0. The molecule has 25 heavy (non-hydrogen) atoms. The lowest BCUT2D eigenvalue weighted by Crippen LogP contribution is -2.39. The summed E-state index contributed by atoms with van der Waals surface area (Å²) >= 11 is 0. The van der Waals surface area contributed by atoms with Crippen molar-refractivity contribution in [1.29, 1.82) is 0 Å². The van der Waals surface area contributed by atoms with Gasteiger partial charge < -0.3 is 4.42 Å². The van der Waals surface area contributed by atoms with E-state index in [4.69, 9.17) is 4.42 Å². The number of rotatable bonds is 3. The van der Waals surface area contributed by atoms with Gasteiger partial charge in [0.25, 0.3) is 0 Å². The zero-order chi connectivity index (χ0) is 17.6. The van der Waals surface area contributed by atoms with Crippen molar-refractivity contribution in [1.82, 2.24) is 19.1 Å². The molecule has 0 unspecified atom stereocenters. The van der Waals surface area contributed by atoms with Crippen molar-refractivity contribution < 1.29 is 12.8 Å². The number of oxazole rings is 1. The van der Waals surface area contributed by atoms with Crippen LogP contribution < -0.4 is 0 Å². The molecule has 0 aliphatic carbocycles. The highest BCUT2D eigenvalue weighted by Crippen LogP contribution is 2.28. The van der Waals surface area contributed by atoms with E-state index in [1.165, 1.54) is 0 Å². The minimum Gasteiger partial charge on any atom is -0.441 e. The molecule has 1 aliphatic heterocycles. The minimum atomic E-state index is -3.53.